The fourth-order valence-corrected chi connectivity index (χ4v) is 3.57. The van der Waals surface area contributed by atoms with Crippen LogP contribution in [0.5, 0.6) is 0 Å². The first-order chi connectivity index (χ1) is 12.6. The molecule has 1 aromatic heterocycles. The molecule has 2 heterocycles. The largest absolute Gasteiger partial charge is 0.347 e. The minimum atomic E-state index is -0.221. The van der Waals surface area contributed by atoms with Crippen molar-refractivity contribution in [2.75, 3.05) is 6.54 Å². The smallest absolute Gasteiger partial charge is 0.261 e. The van der Waals surface area contributed by atoms with Crippen LogP contribution in [0.2, 0.25) is 0 Å². The fraction of sp³-hybridized carbons (Fsp3) is 0.190. The van der Waals surface area contributed by atoms with E-state index in [1.165, 1.54) is 4.90 Å². The van der Waals surface area contributed by atoms with Gasteiger partial charge in [0.25, 0.3) is 11.8 Å². The standard InChI is InChI=1S/C21H18N2O3/c1-14(24)15-8-4-9-19-16(15)10-13-22(19)11-5-12-23-20(25)17-6-2-3-7-18(17)21(23)26/h2-4,6-10,13H,5,11-12H2,1H3. The first kappa shape index (κ1) is 16.3. The van der Waals surface area contributed by atoms with Gasteiger partial charge in [0.2, 0.25) is 0 Å². The number of fused-ring (bicyclic) bond motifs is 2. The van der Waals surface area contributed by atoms with Crippen molar-refractivity contribution in [2.45, 2.75) is 19.9 Å². The zero-order valence-electron chi connectivity index (χ0n) is 14.4. The average molecular weight is 346 g/mol. The zero-order chi connectivity index (χ0) is 18.3. The van der Waals surface area contributed by atoms with Crippen LogP contribution in [0.1, 0.15) is 44.4 Å². The number of aryl methyl sites for hydroxylation is 1. The normalized spacial score (nSPS) is 13.5. The fourth-order valence-electron chi connectivity index (χ4n) is 3.57. The van der Waals surface area contributed by atoms with Gasteiger partial charge >= 0.3 is 0 Å². The van der Waals surface area contributed by atoms with E-state index < -0.39 is 0 Å². The van der Waals surface area contributed by atoms with E-state index in [2.05, 4.69) is 4.57 Å². The maximum atomic E-state index is 12.4. The number of amides is 2. The summed E-state index contributed by atoms with van der Waals surface area (Å²) in [4.78, 5) is 37.8. The Morgan fingerprint density at radius 1 is 0.885 bits per heavy atom. The number of nitrogens with zero attached hydrogens (tertiary/aromatic N) is 2. The number of rotatable bonds is 5. The highest BCUT2D eigenvalue weighted by atomic mass is 16.2. The summed E-state index contributed by atoms with van der Waals surface area (Å²) < 4.78 is 2.06. The van der Waals surface area contributed by atoms with E-state index in [0.717, 1.165) is 10.9 Å². The highest BCUT2D eigenvalue weighted by Gasteiger charge is 2.34. The first-order valence-corrected chi connectivity index (χ1v) is 8.62. The van der Waals surface area contributed by atoms with E-state index in [1.807, 2.05) is 30.5 Å². The first-order valence-electron chi connectivity index (χ1n) is 8.62. The molecule has 1 aliphatic rings. The van der Waals surface area contributed by atoms with Crippen molar-refractivity contribution in [1.82, 2.24) is 9.47 Å². The Labute approximate surface area is 150 Å². The maximum Gasteiger partial charge on any atom is 0.261 e. The van der Waals surface area contributed by atoms with Gasteiger partial charge in [-0.15, -0.1) is 0 Å². The summed E-state index contributed by atoms with van der Waals surface area (Å²) >= 11 is 0. The number of carbonyl (C=O) groups is 3. The molecule has 2 amide bonds. The molecule has 0 radical (unpaired) electrons. The Kier molecular flexibility index (Phi) is 3.92. The molecule has 0 saturated carbocycles. The number of hydrogen-bond acceptors (Lipinski definition) is 3. The number of ketones is 1. The van der Waals surface area contributed by atoms with E-state index in [-0.39, 0.29) is 17.6 Å². The molecular formula is C21H18N2O3. The molecule has 0 N–H and O–H groups in total. The van der Waals surface area contributed by atoms with Crippen LogP contribution in [0.15, 0.2) is 54.7 Å². The van der Waals surface area contributed by atoms with Crippen LogP contribution in [-0.4, -0.2) is 33.6 Å². The summed E-state index contributed by atoms with van der Waals surface area (Å²) in [6.45, 7) is 2.60. The lowest BCUT2D eigenvalue weighted by molar-refractivity contribution is 0.0650. The van der Waals surface area contributed by atoms with Crippen LogP contribution in [-0.2, 0) is 6.54 Å². The molecule has 5 heteroatoms. The summed E-state index contributed by atoms with van der Waals surface area (Å²) in [5.74, 6) is -0.400. The lowest BCUT2D eigenvalue weighted by Crippen LogP contribution is -2.31. The van der Waals surface area contributed by atoms with Crippen molar-refractivity contribution < 1.29 is 14.4 Å². The van der Waals surface area contributed by atoms with Crippen molar-refractivity contribution in [1.29, 1.82) is 0 Å². The third-order valence-corrected chi connectivity index (χ3v) is 4.85. The van der Waals surface area contributed by atoms with Gasteiger partial charge in [0.15, 0.2) is 5.78 Å². The molecule has 1 aliphatic heterocycles. The van der Waals surface area contributed by atoms with Crippen LogP contribution < -0.4 is 0 Å². The number of carbonyl (C=O) groups excluding carboxylic acids is 3. The molecule has 0 bridgehead atoms. The summed E-state index contributed by atoms with van der Waals surface area (Å²) in [5.41, 5.74) is 2.66. The number of Topliss-reactive ketones (excluding diaryl/α,β-unsaturated/α-hetero) is 1. The van der Waals surface area contributed by atoms with Crippen LogP contribution in [0.25, 0.3) is 10.9 Å². The minimum absolute atomic E-state index is 0.0411. The molecule has 26 heavy (non-hydrogen) atoms. The van der Waals surface area contributed by atoms with Gasteiger partial charge in [0.05, 0.1) is 11.1 Å². The maximum absolute atomic E-state index is 12.4. The van der Waals surface area contributed by atoms with E-state index in [4.69, 9.17) is 0 Å². The Balaban J connectivity index is 1.49. The monoisotopic (exact) mass is 346 g/mol. The second-order valence-electron chi connectivity index (χ2n) is 6.46. The van der Waals surface area contributed by atoms with E-state index >= 15 is 0 Å². The predicted molar refractivity (Wildman–Crippen MR) is 98.4 cm³/mol. The van der Waals surface area contributed by atoms with E-state index in [1.54, 1.807) is 31.2 Å². The Morgan fingerprint density at radius 2 is 1.58 bits per heavy atom. The number of aromatic nitrogens is 1. The van der Waals surface area contributed by atoms with E-state index in [9.17, 15) is 14.4 Å². The molecule has 0 spiro atoms. The minimum Gasteiger partial charge on any atom is -0.347 e. The van der Waals surface area contributed by atoms with Gasteiger partial charge in [0, 0.05) is 35.8 Å². The molecule has 0 aliphatic carbocycles. The summed E-state index contributed by atoms with van der Waals surface area (Å²) in [6.07, 6.45) is 2.60. The predicted octanol–water partition coefficient (Wildman–Crippen LogP) is 3.53. The van der Waals surface area contributed by atoms with Crippen molar-refractivity contribution in [2.24, 2.45) is 0 Å². The Hall–Kier alpha value is -3.21. The van der Waals surface area contributed by atoms with Crippen LogP contribution in [0.3, 0.4) is 0 Å². The Morgan fingerprint density at radius 3 is 2.23 bits per heavy atom. The van der Waals surface area contributed by atoms with E-state index in [0.29, 0.717) is 36.2 Å². The van der Waals surface area contributed by atoms with Crippen molar-refractivity contribution in [3.8, 4) is 0 Å². The number of benzene rings is 2. The SMILES string of the molecule is CC(=O)c1cccc2c1ccn2CCCN1C(=O)c2ccccc2C1=O. The molecule has 130 valence electrons. The third kappa shape index (κ3) is 2.52. The lowest BCUT2D eigenvalue weighted by atomic mass is 10.1. The lowest BCUT2D eigenvalue weighted by Gasteiger charge is -2.14. The van der Waals surface area contributed by atoms with Crippen LogP contribution in [0.4, 0.5) is 0 Å². The zero-order valence-corrected chi connectivity index (χ0v) is 14.4. The van der Waals surface area contributed by atoms with Gasteiger partial charge in [-0.05, 0) is 37.6 Å². The highest BCUT2D eigenvalue weighted by molar-refractivity contribution is 6.21. The molecule has 0 fully saturated rings. The summed E-state index contributed by atoms with van der Waals surface area (Å²) in [7, 11) is 0. The average Bonchev–Trinajstić information content (AvgIpc) is 3.16. The second-order valence-corrected chi connectivity index (χ2v) is 6.46. The molecule has 2 aromatic carbocycles. The molecular weight excluding hydrogens is 328 g/mol. The number of hydrogen-bond donors (Lipinski definition) is 0. The van der Waals surface area contributed by atoms with Crippen LogP contribution >= 0.6 is 0 Å². The topological polar surface area (TPSA) is 59.4 Å². The molecule has 3 aromatic rings. The van der Waals surface area contributed by atoms with Gasteiger partial charge in [-0.1, -0.05) is 24.3 Å². The quantitative estimate of drug-likeness (QED) is 0.524. The van der Waals surface area contributed by atoms with Crippen LogP contribution in [0, 0.1) is 0 Å². The van der Waals surface area contributed by atoms with Gasteiger partial charge in [0.1, 0.15) is 0 Å². The third-order valence-electron chi connectivity index (χ3n) is 4.85. The summed E-state index contributed by atoms with van der Waals surface area (Å²) in [5, 5.41) is 0.931. The van der Waals surface area contributed by atoms with Crippen molar-refractivity contribution in [3.63, 3.8) is 0 Å². The number of imide groups is 1. The van der Waals surface area contributed by atoms with Gasteiger partial charge in [-0.3, -0.25) is 19.3 Å². The van der Waals surface area contributed by atoms with Crippen molar-refractivity contribution in [3.05, 3.63) is 71.4 Å². The molecule has 0 atom stereocenters. The molecule has 5 nitrogen and oxygen atoms in total. The van der Waals surface area contributed by atoms with Gasteiger partial charge in [-0.25, -0.2) is 0 Å². The van der Waals surface area contributed by atoms with Gasteiger partial charge < -0.3 is 4.57 Å². The summed E-state index contributed by atoms with van der Waals surface area (Å²) in [6, 6.07) is 14.5. The van der Waals surface area contributed by atoms with Gasteiger partial charge in [-0.2, -0.15) is 0 Å². The Bertz CT molecular complexity index is 1010. The second kappa shape index (κ2) is 6.26. The highest BCUT2D eigenvalue weighted by Crippen LogP contribution is 2.24. The molecule has 4 rings (SSSR count). The van der Waals surface area contributed by atoms with Crippen molar-refractivity contribution >= 4 is 28.5 Å². The molecule has 0 saturated heterocycles. The molecule has 0 unspecified atom stereocenters.